The third-order valence-electron chi connectivity index (χ3n) is 5.84. The number of hydrogen-bond acceptors (Lipinski definition) is 5. The Hall–Kier alpha value is -3.13. The number of benzene rings is 2. The van der Waals surface area contributed by atoms with Crippen LogP contribution in [0.15, 0.2) is 36.4 Å². The van der Waals surface area contributed by atoms with E-state index in [2.05, 4.69) is 12.2 Å². The molecule has 2 aromatic carbocycles. The average Bonchev–Trinajstić information content (AvgIpc) is 2.84. The predicted molar refractivity (Wildman–Crippen MR) is 138 cm³/mol. The number of primary amides is 1. The molecule has 0 bridgehead atoms. The molecule has 0 aliphatic rings. The number of nitrogens with two attached hydrogens (primary N) is 1. The summed E-state index contributed by atoms with van der Waals surface area (Å²) in [6.45, 7) is 4.55. The van der Waals surface area contributed by atoms with E-state index in [1.807, 2.05) is 36.4 Å². The van der Waals surface area contributed by atoms with Crippen LogP contribution in [-0.4, -0.2) is 47.8 Å². The van der Waals surface area contributed by atoms with Gasteiger partial charge in [-0.25, -0.2) is 0 Å². The number of carboxylic acid groups (broad SMARTS) is 2. The van der Waals surface area contributed by atoms with E-state index in [-0.39, 0.29) is 12.8 Å². The quantitative estimate of drug-likeness (QED) is 0.267. The van der Waals surface area contributed by atoms with E-state index in [9.17, 15) is 14.4 Å². The van der Waals surface area contributed by atoms with Crippen molar-refractivity contribution in [1.29, 1.82) is 0 Å². The summed E-state index contributed by atoms with van der Waals surface area (Å²) in [5.41, 5.74) is 5.82. The first kappa shape index (κ1) is 29.9. The van der Waals surface area contributed by atoms with Crippen LogP contribution in [0, 0.1) is 0 Å². The van der Waals surface area contributed by atoms with E-state index < -0.39 is 29.8 Å². The number of amides is 1. The molecule has 35 heavy (non-hydrogen) atoms. The monoisotopic (exact) mass is 488 g/mol. The standard InChI is InChI=1S/C14H14O3.C13H26N2O3/c1-9(14(15)16)10-3-4-12-8-13(17-2)6-5-11(12)7-10;1-2-3-4-5-6-7-10-15-11(13(17)18)8-9-12(14)16/h3-9H,1-2H3,(H,15,16);11,15H,2-10H2,1H3,(H2,14,16)(H,17,18)/t9-;11-/m01/s1. The van der Waals surface area contributed by atoms with E-state index in [0.29, 0.717) is 6.54 Å². The summed E-state index contributed by atoms with van der Waals surface area (Å²) in [5.74, 6) is -1.86. The minimum absolute atomic E-state index is 0.112. The van der Waals surface area contributed by atoms with Crippen LogP contribution in [0.1, 0.15) is 76.7 Å². The van der Waals surface area contributed by atoms with Gasteiger partial charge in [0.1, 0.15) is 11.8 Å². The van der Waals surface area contributed by atoms with Gasteiger partial charge in [0.15, 0.2) is 0 Å². The third kappa shape index (κ3) is 11.7. The fraction of sp³-hybridized carbons (Fsp3) is 0.519. The molecule has 0 aliphatic heterocycles. The minimum atomic E-state index is -0.915. The second-order valence-electron chi connectivity index (χ2n) is 8.65. The number of carbonyl (C=O) groups excluding carboxylic acids is 1. The maximum Gasteiger partial charge on any atom is 0.320 e. The molecule has 5 N–H and O–H groups in total. The molecule has 0 saturated heterocycles. The van der Waals surface area contributed by atoms with E-state index in [1.54, 1.807) is 14.0 Å². The summed E-state index contributed by atoms with van der Waals surface area (Å²) < 4.78 is 5.14. The molecule has 0 saturated carbocycles. The average molecular weight is 489 g/mol. The molecule has 1 amide bonds. The number of ether oxygens (including phenoxy) is 1. The lowest BCUT2D eigenvalue weighted by molar-refractivity contribution is -0.140. The Balaban J connectivity index is 0.000000350. The summed E-state index contributed by atoms with van der Waals surface area (Å²) in [6, 6.07) is 10.8. The molecule has 0 radical (unpaired) electrons. The van der Waals surface area contributed by atoms with Crippen molar-refractivity contribution in [3.63, 3.8) is 0 Å². The van der Waals surface area contributed by atoms with Crippen LogP contribution in [0.4, 0.5) is 0 Å². The highest BCUT2D eigenvalue weighted by Crippen LogP contribution is 2.25. The molecular formula is C27H40N2O6. The van der Waals surface area contributed by atoms with Gasteiger partial charge in [-0.1, -0.05) is 63.3 Å². The van der Waals surface area contributed by atoms with Gasteiger partial charge in [0, 0.05) is 6.42 Å². The first-order valence-corrected chi connectivity index (χ1v) is 12.2. The van der Waals surface area contributed by atoms with Crippen molar-refractivity contribution in [3.05, 3.63) is 42.0 Å². The van der Waals surface area contributed by atoms with Crippen molar-refractivity contribution in [2.45, 2.75) is 77.2 Å². The molecule has 0 heterocycles. The summed E-state index contributed by atoms with van der Waals surface area (Å²) in [5, 5.41) is 22.9. The SMILES string of the molecule is CCCCCCCCN[C@H](CCC(N)=O)C(=O)O.COc1ccc2cc([C@H](C)C(=O)O)ccc2c1. The van der Waals surface area contributed by atoms with Crippen molar-refractivity contribution < 1.29 is 29.3 Å². The van der Waals surface area contributed by atoms with Crippen LogP contribution in [0.5, 0.6) is 5.75 Å². The highest BCUT2D eigenvalue weighted by Gasteiger charge is 2.17. The number of aliphatic carboxylic acids is 2. The second-order valence-corrected chi connectivity index (χ2v) is 8.65. The zero-order valence-electron chi connectivity index (χ0n) is 21.1. The Bertz CT molecular complexity index is 946. The molecule has 194 valence electrons. The van der Waals surface area contributed by atoms with Crippen LogP contribution in [0.3, 0.4) is 0 Å². The second kappa shape index (κ2) is 16.5. The van der Waals surface area contributed by atoms with Crippen molar-refractivity contribution in [3.8, 4) is 5.75 Å². The topological polar surface area (TPSA) is 139 Å². The lowest BCUT2D eigenvalue weighted by atomic mass is 9.98. The molecule has 0 unspecified atom stereocenters. The van der Waals surface area contributed by atoms with Gasteiger partial charge in [-0.3, -0.25) is 14.4 Å². The Morgan fingerprint density at radius 3 is 2.17 bits per heavy atom. The van der Waals surface area contributed by atoms with Crippen molar-refractivity contribution in [2.24, 2.45) is 5.73 Å². The molecule has 2 atom stereocenters. The van der Waals surface area contributed by atoms with E-state index >= 15 is 0 Å². The molecule has 8 nitrogen and oxygen atoms in total. The first-order chi connectivity index (χ1) is 16.7. The van der Waals surface area contributed by atoms with Crippen LogP contribution in [-0.2, 0) is 14.4 Å². The third-order valence-corrected chi connectivity index (χ3v) is 5.84. The summed E-state index contributed by atoms with van der Waals surface area (Å²) in [4.78, 5) is 32.4. The zero-order chi connectivity index (χ0) is 26.2. The van der Waals surface area contributed by atoms with Gasteiger partial charge in [0.25, 0.3) is 0 Å². The van der Waals surface area contributed by atoms with E-state index in [4.69, 9.17) is 20.7 Å². The Morgan fingerprint density at radius 1 is 0.943 bits per heavy atom. The number of nitrogens with one attached hydrogen (secondary N) is 1. The largest absolute Gasteiger partial charge is 0.497 e. The lowest BCUT2D eigenvalue weighted by Gasteiger charge is -2.13. The van der Waals surface area contributed by atoms with Crippen molar-refractivity contribution in [2.75, 3.05) is 13.7 Å². The van der Waals surface area contributed by atoms with Crippen LogP contribution in [0.2, 0.25) is 0 Å². The smallest absolute Gasteiger partial charge is 0.320 e. The number of carboxylic acids is 2. The lowest BCUT2D eigenvalue weighted by Crippen LogP contribution is -2.38. The van der Waals surface area contributed by atoms with Gasteiger partial charge < -0.3 is 26.0 Å². The number of carbonyl (C=O) groups is 3. The van der Waals surface area contributed by atoms with Gasteiger partial charge in [-0.15, -0.1) is 0 Å². The molecule has 2 aromatic rings. The summed E-state index contributed by atoms with van der Waals surface area (Å²) in [7, 11) is 1.63. The minimum Gasteiger partial charge on any atom is -0.497 e. The fourth-order valence-electron chi connectivity index (χ4n) is 3.56. The fourth-order valence-corrected chi connectivity index (χ4v) is 3.56. The first-order valence-electron chi connectivity index (χ1n) is 12.2. The Labute approximate surface area is 207 Å². The number of fused-ring (bicyclic) bond motifs is 1. The maximum absolute atomic E-state index is 10.9. The number of rotatable bonds is 15. The van der Waals surface area contributed by atoms with Gasteiger partial charge >= 0.3 is 11.9 Å². The van der Waals surface area contributed by atoms with Gasteiger partial charge in [0.2, 0.25) is 5.91 Å². The summed E-state index contributed by atoms with van der Waals surface area (Å²) in [6.07, 6.45) is 7.42. The summed E-state index contributed by atoms with van der Waals surface area (Å²) >= 11 is 0. The van der Waals surface area contributed by atoms with Crippen molar-refractivity contribution in [1.82, 2.24) is 5.32 Å². The maximum atomic E-state index is 10.9. The van der Waals surface area contributed by atoms with Crippen LogP contribution >= 0.6 is 0 Å². The van der Waals surface area contributed by atoms with Gasteiger partial charge in [-0.05, 0) is 54.8 Å². The van der Waals surface area contributed by atoms with Crippen LogP contribution in [0.25, 0.3) is 10.8 Å². The van der Waals surface area contributed by atoms with Gasteiger partial charge in [-0.2, -0.15) is 0 Å². The Kier molecular flexibility index (Phi) is 14.1. The highest BCUT2D eigenvalue weighted by molar-refractivity contribution is 5.86. The highest BCUT2D eigenvalue weighted by atomic mass is 16.5. The predicted octanol–water partition coefficient (Wildman–Crippen LogP) is 4.69. The molecule has 0 fully saturated rings. The molecule has 0 aromatic heterocycles. The zero-order valence-corrected chi connectivity index (χ0v) is 21.1. The normalized spacial score (nSPS) is 12.3. The number of unbranched alkanes of at least 4 members (excludes halogenated alkanes) is 5. The van der Waals surface area contributed by atoms with Crippen molar-refractivity contribution >= 4 is 28.6 Å². The molecule has 0 spiro atoms. The Morgan fingerprint density at radius 2 is 1.57 bits per heavy atom. The molecule has 0 aliphatic carbocycles. The molecular weight excluding hydrogens is 448 g/mol. The molecule has 2 rings (SSSR count). The van der Waals surface area contributed by atoms with Crippen LogP contribution < -0.4 is 15.8 Å². The molecule has 8 heteroatoms. The van der Waals surface area contributed by atoms with Gasteiger partial charge in [0.05, 0.1) is 13.0 Å². The number of methoxy groups -OCH3 is 1. The van der Waals surface area contributed by atoms with E-state index in [0.717, 1.165) is 34.9 Å². The number of hydrogen-bond donors (Lipinski definition) is 4. The van der Waals surface area contributed by atoms with E-state index in [1.165, 1.54) is 25.7 Å².